The van der Waals surface area contributed by atoms with E-state index in [4.69, 9.17) is 4.74 Å². The molecule has 0 saturated carbocycles. The van der Waals surface area contributed by atoms with E-state index in [2.05, 4.69) is 11.1 Å². The standard InChI is InChI=1S/C14H12N2O3/c17-16(18)11-7-8-14(15-9-11)19-13-6-2-4-10-3-1-5-12(10)13/h2,4,6-9H,1,3,5H2. The molecule has 0 radical (unpaired) electrons. The third kappa shape index (κ3) is 2.27. The molecule has 19 heavy (non-hydrogen) atoms. The molecule has 5 nitrogen and oxygen atoms in total. The summed E-state index contributed by atoms with van der Waals surface area (Å²) in [5.74, 6) is 1.18. The molecule has 0 saturated heterocycles. The van der Waals surface area contributed by atoms with Gasteiger partial charge >= 0.3 is 0 Å². The molecule has 0 spiro atoms. The van der Waals surface area contributed by atoms with Crippen molar-refractivity contribution in [2.75, 3.05) is 0 Å². The van der Waals surface area contributed by atoms with Crippen LogP contribution in [0.15, 0.2) is 36.5 Å². The summed E-state index contributed by atoms with van der Waals surface area (Å²) in [7, 11) is 0. The lowest BCUT2D eigenvalue weighted by Crippen LogP contribution is -1.94. The van der Waals surface area contributed by atoms with Gasteiger partial charge < -0.3 is 4.74 Å². The Balaban J connectivity index is 1.86. The molecule has 1 aromatic heterocycles. The van der Waals surface area contributed by atoms with Crippen LogP contribution >= 0.6 is 0 Å². The van der Waals surface area contributed by atoms with Gasteiger partial charge in [0, 0.05) is 12.1 Å². The topological polar surface area (TPSA) is 65.3 Å². The summed E-state index contributed by atoms with van der Waals surface area (Å²) in [5, 5.41) is 10.5. The Morgan fingerprint density at radius 2 is 2.11 bits per heavy atom. The molecule has 1 aliphatic carbocycles. The summed E-state index contributed by atoms with van der Waals surface area (Å²) >= 11 is 0. The first-order chi connectivity index (χ1) is 9.24. The maximum atomic E-state index is 10.5. The average molecular weight is 256 g/mol. The molecule has 0 aliphatic heterocycles. The lowest BCUT2D eigenvalue weighted by Gasteiger charge is -2.09. The third-order valence-corrected chi connectivity index (χ3v) is 3.25. The first kappa shape index (κ1) is 11.6. The van der Waals surface area contributed by atoms with Gasteiger partial charge in [-0.05, 0) is 36.5 Å². The van der Waals surface area contributed by atoms with Crippen LogP contribution in [0, 0.1) is 10.1 Å². The summed E-state index contributed by atoms with van der Waals surface area (Å²) in [4.78, 5) is 14.0. The van der Waals surface area contributed by atoms with Crippen LogP contribution in [0.3, 0.4) is 0 Å². The Morgan fingerprint density at radius 3 is 2.84 bits per heavy atom. The lowest BCUT2D eigenvalue weighted by molar-refractivity contribution is -0.385. The average Bonchev–Trinajstić information content (AvgIpc) is 2.89. The van der Waals surface area contributed by atoms with Crippen molar-refractivity contribution in [1.82, 2.24) is 4.98 Å². The molecule has 0 bridgehead atoms. The van der Waals surface area contributed by atoms with Crippen LogP contribution in [0.2, 0.25) is 0 Å². The van der Waals surface area contributed by atoms with Gasteiger partial charge in [0.05, 0.1) is 4.92 Å². The van der Waals surface area contributed by atoms with Crippen LogP contribution in [0.1, 0.15) is 17.5 Å². The van der Waals surface area contributed by atoms with Crippen molar-refractivity contribution in [2.24, 2.45) is 0 Å². The van der Waals surface area contributed by atoms with Crippen molar-refractivity contribution >= 4 is 5.69 Å². The minimum absolute atomic E-state index is 0.0364. The number of rotatable bonds is 3. The monoisotopic (exact) mass is 256 g/mol. The second kappa shape index (κ2) is 4.68. The van der Waals surface area contributed by atoms with Gasteiger partial charge in [-0.2, -0.15) is 0 Å². The zero-order chi connectivity index (χ0) is 13.2. The molecule has 1 heterocycles. The summed E-state index contributed by atoms with van der Waals surface area (Å²) < 4.78 is 5.72. The van der Waals surface area contributed by atoms with Crippen LogP contribution in [0.4, 0.5) is 5.69 Å². The van der Waals surface area contributed by atoms with E-state index in [1.54, 1.807) is 0 Å². The fourth-order valence-electron chi connectivity index (χ4n) is 2.33. The molecule has 5 heteroatoms. The van der Waals surface area contributed by atoms with Crippen molar-refractivity contribution < 1.29 is 9.66 Å². The quantitative estimate of drug-likeness (QED) is 0.624. The summed E-state index contributed by atoms with van der Waals surface area (Å²) in [6.45, 7) is 0. The molecule has 1 aliphatic rings. The van der Waals surface area contributed by atoms with E-state index in [1.165, 1.54) is 29.5 Å². The normalized spacial score (nSPS) is 13.1. The predicted octanol–water partition coefficient (Wildman–Crippen LogP) is 3.27. The van der Waals surface area contributed by atoms with Gasteiger partial charge in [-0.15, -0.1) is 0 Å². The van der Waals surface area contributed by atoms with Gasteiger partial charge in [0.1, 0.15) is 11.9 Å². The number of benzene rings is 1. The van der Waals surface area contributed by atoms with E-state index < -0.39 is 4.92 Å². The fraction of sp³-hybridized carbons (Fsp3) is 0.214. The predicted molar refractivity (Wildman–Crippen MR) is 69.4 cm³/mol. The first-order valence-electron chi connectivity index (χ1n) is 6.13. The van der Waals surface area contributed by atoms with E-state index in [9.17, 15) is 10.1 Å². The zero-order valence-corrected chi connectivity index (χ0v) is 10.2. The van der Waals surface area contributed by atoms with Crippen molar-refractivity contribution in [3.05, 3.63) is 57.8 Å². The summed E-state index contributed by atoms with van der Waals surface area (Å²) in [6, 6.07) is 8.90. The molecule has 0 unspecified atom stereocenters. The number of hydrogen-bond acceptors (Lipinski definition) is 4. The number of aromatic nitrogens is 1. The number of nitrogens with zero attached hydrogens (tertiary/aromatic N) is 2. The first-order valence-corrected chi connectivity index (χ1v) is 6.13. The third-order valence-electron chi connectivity index (χ3n) is 3.25. The van der Waals surface area contributed by atoms with Crippen molar-refractivity contribution in [3.8, 4) is 11.6 Å². The number of hydrogen-bond donors (Lipinski definition) is 0. The van der Waals surface area contributed by atoms with Crippen LogP contribution < -0.4 is 4.74 Å². The molecule has 0 N–H and O–H groups in total. The second-order valence-corrected chi connectivity index (χ2v) is 4.46. The SMILES string of the molecule is O=[N+]([O-])c1ccc(Oc2cccc3c2CCC3)nc1. The van der Waals surface area contributed by atoms with Gasteiger partial charge in [0.2, 0.25) is 5.88 Å². The number of nitro groups is 1. The number of ether oxygens (including phenoxy) is 1. The Kier molecular flexibility index (Phi) is 2.87. The summed E-state index contributed by atoms with van der Waals surface area (Å²) in [6.07, 6.45) is 4.45. The van der Waals surface area contributed by atoms with Crippen LogP contribution in [-0.4, -0.2) is 9.91 Å². The van der Waals surface area contributed by atoms with E-state index in [0.717, 1.165) is 25.0 Å². The Hall–Kier alpha value is -2.43. The minimum Gasteiger partial charge on any atom is -0.439 e. The number of pyridine rings is 1. The molecule has 1 aromatic carbocycles. The van der Waals surface area contributed by atoms with Gasteiger partial charge in [0.25, 0.3) is 5.69 Å². The van der Waals surface area contributed by atoms with Gasteiger partial charge in [-0.3, -0.25) is 10.1 Å². The molecular weight excluding hydrogens is 244 g/mol. The highest BCUT2D eigenvalue weighted by molar-refractivity contribution is 5.44. The molecule has 3 rings (SSSR count). The van der Waals surface area contributed by atoms with Crippen LogP contribution in [0.5, 0.6) is 11.6 Å². The Morgan fingerprint density at radius 1 is 1.21 bits per heavy atom. The summed E-state index contributed by atoms with van der Waals surface area (Å²) in [5.41, 5.74) is 2.51. The van der Waals surface area contributed by atoms with Crippen LogP contribution in [0.25, 0.3) is 0 Å². The van der Waals surface area contributed by atoms with Crippen molar-refractivity contribution in [1.29, 1.82) is 0 Å². The molecule has 0 atom stereocenters. The fourth-order valence-corrected chi connectivity index (χ4v) is 2.33. The van der Waals surface area contributed by atoms with E-state index in [0.29, 0.717) is 5.88 Å². The van der Waals surface area contributed by atoms with Crippen molar-refractivity contribution in [2.45, 2.75) is 19.3 Å². The highest BCUT2D eigenvalue weighted by Gasteiger charge is 2.16. The maximum absolute atomic E-state index is 10.5. The van der Waals surface area contributed by atoms with E-state index >= 15 is 0 Å². The second-order valence-electron chi connectivity index (χ2n) is 4.46. The molecule has 0 amide bonds. The number of aryl methyl sites for hydroxylation is 1. The largest absolute Gasteiger partial charge is 0.439 e. The number of fused-ring (bicyclic) bond motifs is 1. The molecule has 0 fully saturated rings. The smallest absolute Gasteiger partial charge is 0.287 e. The van der Waals surface area contributed by atoms with Crippen molar-refractivity contribution in [3.63, 3.8) is 0 Å². The Labute approximate surface area is 110 Å². The van der Waals surface area contributed by atoms with E-state index in [1.807, 2.05) is 12.1 Å². The van der Waals surface area contributed by atoms with Gasteiger partial charge in [-0.1, -0.05) is 12.1 Å². The maximum Gasteiger partial charge on any atom is 0.287 e. The molecular formula is C14H12N2O3. The highest BCUT2D eigenvalue weighted by atomic mass is 16.6. The minimum atomic E-state index is -0.475. The van der Waals surface area contributed by atoms with Gasteiger partial charge in [0.15, 0.2) is 0 Å². The Bertz CT molecular complexity index is 623. The highest BCUT2D eigenvalue weighted by Crippen LogP contribution is 2.33. The van der Waals surface area contributed by atoms with Crippen LogP contribution in [-0.2, 0) is 12.8 Å². The molecule has 2 aromatic rings. The van der Waals surface area contributed by atoms with Gasteiger partial charge in [-0.25, -0.2) is 4.98 Å². The zero-order valence-electron chi connectivity index (χ0n) is 10.2. The van der Waals surface area contributed by atoms with E-state index in [-0.39, 0.29) is 5.69 Å². The molecule has 96 valence electrons. The lowest BCUT2D eigenvalue weighted by atomic mass is 10.1.